The normalized spacial score (nSPS) is 16.4. The standard InChI is InChI=1S/C24H30ClN5O3/c1-15-17(12-26-28-23(15)32)4-3-9-30-10-7-16(8-11-30)20(14-31)18-5-6-21(25)22-19(18)13-27-29(2)24(22)33/h5-6,12-13,16,20,31H,3-4,7-11,14H2,1-2H3,(H,28,32)/t20-/m0/s1. The Kier molecular flexibility index (Phi) is 7.26. The molecule has 9 heteroatoms. The third-order valence-electron chi connectivity index (χ3n) is 7.02. The van der Waals surface area contributed by atoms with Crippen LogP contribution in [0, 0.1) is 12.8 Å². The third-order valence-corrected chi connectivity index (χ3v) is 7.34. The molecule has 1 atom stereocenters. The van der Waals surface area contributed by atoms with E-state index in [1.54, 1.807) is 25.5 Å². The molecule has 1 aromatic carbocycles. The Hall–Kier alpha value is -2.55. The second-order valence-corrected chi connectivity index (χ2v) is 9.33. The molecular weight excluding hydrogens is 442 g/mol. The zero-order chi connectivity index (χ0) is 23.5. The maximum absolute atomic E-state index is 12.6. The summed E-state index contributed by atoms with van der Waals surface area (Å²) in [6, 6.07) is 3.68. The lowest BCUT2D eigenvalue weighted by Crippen LogP contribution is -2.37. The van der Waals surface area contributed by atoms with E-state index in [1.807, 2.05) is 13.0 Å². The molecule has 1 saturated heterocycles. The van der Waals surface area contributed by atoms with Gasteiger partial charge in [-0.25, -0.2) is 9.78 Å². The zero-order valence-electron chi connectivity index (χ0n) is 19.1. The number of halogens is 1. The maximum atomic E-state index is 12.6. The number of likely N-dealkylation sites (tertiary alicyclic amines) is 1. The third kappa shape index (κ3) is 4.88. The van der Waals surface area contributed by atoms with Crippen molar-refractivity contribution in [3.63, 3.8) is 0 Å². The molecule has 2 N–H and O–H groups in total. The first kappa shape index (κ1) is 23.6. The Morgan fingerprint density at radius 2 is 2.00 bits per heavy atom. The fraction of sp³-hybridized carbons (Fsp3) is 0.500. The highest BCUT2D eigenvalue weighted by Gasteiger charge is 2.29. The predicted molar refractivity (Wildman–Crippen MR) is 129 cm³/mol. The fourth-order valence-electron chi connectivity index (χ4n) is 4.97. The van der Waals surface area contributed by atoms with Crippen LogP contribution < -0.4 is 11.1 Å². The average Bonchev–Trinajstić information content (AvgIpc) is 2.81. The number of aliphatic hydroxyl groups is 1. The molecule has 0 saturated carbocycles. The van der Waals surface area contributed by atoms with E-state index >= 15 is 0 Å². The van der Waals surface area contributed by atoms with Gasteiger partial charge >= 0.3 is 0 Å². The molecule has 1 aliphatic rings. The van der Waals surface area contributed by atoms with Gasteiger partial charge in [0.2, 0.25) is 0 Å². The summed E-state index contributed by atoms with van der Waals surface area (Å²) in [6.45, 7) is 4.73. The van der Waals surface area contributed by atoms with Crippen molar-refractivity contribution in [2.24, 2.45) is 13.0 Å². The monoisotopic (exact) mass is 471 g/mol. The molecule has 0 aliphatic carbocycles. The number of nitrogens with zero attached hydrogens (tertiary/aromatic N) is 4. The lowest BCUT2D eigenvalue weighted by atomic mass is 9.79. The molecule has 0 amide bonds. The van der Waals surface area contributed by atoms with Crippen molar-refractivity contribution in [2.75, 3.05) is 26.2 Å². The average molecular weight is 472 g/mol. The van der Waals surface area contributed by atoms with E-state index < -0.39 is 0 Å². The summed E-state index contributed by atoms with van der Waals surface area (Å²) in [4.78, 5) is 26.7. The van der Waals surface area contributed by atoms with Crippen LogP contribution in [0.4, 0.5) is 0 Å². The van der Waals surface area contributed by atoms with Gasteiger partial charge < -0.3 is 10.0 Å². The van der Waals surface area contributed by atoms with Crippen molar-refractivity contribution in [1.82, 2.24) is 24.9 Å². The van der Waals surface area contributed by atoms with E-state index in [0.717, 1.165) is 67.4 Å². The van der Waals surface area contributed by atoms with Gasteiger partial charge in [-0.05, 0) is 75.4 Å². The summed E-state index contributed by atoms with van der Waals surface area (Å²) in [6.07, 6.45) is 7.17. The topological polar surface area (TPSA) is 104 Å². The van der Waals surface area contributed by atoms with Crippen LogP contribution in [0.25, 0.3) is 10.8 Å². The predicted octanol–water partition coefficient (Wildman–Crippen LogP) is 2.40. The smallest absolute Gasteiger partial charge is 0.275 e. The molecule has 4 rings (SSSR count). The van der Waals surface area contributed by atoms with E-state index in [2.05, 4.69) is 20.2 Å². The SMILES string of the molecule is Cc1c(CCCN2CCC([C@H](CO)c3ccc(Cl)c4c(=O)n(C)ncc34)CC2)cn[nH]c1=O. The molecule has 3 aromatic rings. The lowest BCUT2D eigenvalue weighted by molar-refractivity contribution is 0.139. The number of rotatable bonds is 7. The molecular formula is C24H30ClN5O3. The Morgan fingerprint density at radius 1 is 1.24 bits per heavy atom. The van der Waals surface area contributed by atoms with Gasteiger partial charge in [0.25, 0.3) is 11.1 Å². The van der Waals surface area contributed by atoms with Crippen LogP contribution in [0.2, 0.25) is 5.02 Å². The van der Waals surface area contributed by atoms with Gasteiger partial charge in [0, 0.05) is 23.9 Å². The van der Waals surface area contributed by atoms with Crippen LogP contribution in [0.1, 0.15) is 41.9 Å². The molecule has 8 nitrogen and oxygen atoms in total. The van der Waals surface area contributed by atoms with Gasteiger partial charge in [0.15, 0.2) is 0 Å². The zero-order valence-corrected chi connectivity index (χ0v) is 19.8. The summed E-state index contributed by atoms with van der Waals surface area (Å²) in [5.74, 6) is 0.254. The minimum atomic E-state index is -0.225. The number of fused-ring (bicyclic) bond motifs is 1. The van der Waals surface area contributed by atoms with E-state index in [4.69, 9.17) is 11.6 Å². The highest BCUT2D eigenvalue weighted by molar-refractivity contribution is 6.35. The summed E-state index contributed by atoms with van der Waals surface area (Å²) in [5.41, 5.74) is 2.35. The maximum Gasteiger partial charge on any atom is 0.275 e. The van der Waals surface area contributed by atoms with Crippen molar-refractivity contribution >= 4 is 22.4 Å². The summed E-state index contributed by atoms with van der Waals surface area (Å²) >= 11 is 6.34. The summed E-state index contributed by atoms with van der Waals surface area (Å²) in [5, 5.41) is 22.4. The van der Waals surface area contributed by atoms with Crippen molar-refractivity contribution in [3.05, 3.63) is 66.9 Å². The summed E-state index contributed by atoms with van der Waals surface area (Å²) < 4.78 is 1.29. The fourth-order valence-corrected chi connectivity index (χ4v) is 5.21. The second kappa shape index (κ2) is 10.2. The minimum Gasteiger partial charge on any atom is -0.396 e. The number of aliphatic hydroxyl groups excluding tert-OH is 1. The molecule has 0 spiro atoms. The molecule has 33 heavy (non-hydrogen) atoms. The van der Waals surface area contributed by atoms with Crippen LogP contribution >= 0.6 is 11.6 Å². The number of H-pyrrole nitrogens is 1. The van der Waals surface area contributed by atoms with Gasteiger partial charge in [-0.15, -0.1) is 0 Å². The number of piperidine rings is 1. The Labute approximate surface area is 197 Å². The number of aromatic amines is 1. The first-order valence-corrected chi connectivity index (χ1v) is 11.8. The van der Waals surface area contributed by atoms with Gasteiger partial charge in [0.05, 0.1) is 29.4 Å². The van der Waals surface area contributed by atoms with E-state index in [9.17, 15) is 14.7 Å². The van der Waals surface area contributed by atoms with Gasteiger partial charge in [-0.3, -0.25) is 9.59 Å². The highest BCUT2D eigenvalue weighted by Crippen LogP contribution is 2.37. The van der Waals surface area contributed by atoms with Crippen molar-refractivity contribution in [1.29, 1.82) is 0 Å². The number of nitrogens with one attached hydrogen (secondary N) is 1. The molecule has 0 unspecified atom stereocenters. The first-order valence-electron chi connectivity index (χ1n) is 11.4. The van der Waals surface area contributed by atoms with Crippen LogP contribution in [-0.2, 0) is 13.5 Å². The number of aryl methyl sites for hydroxylation is 2. The van der Waals surface area contributed by atoms with E-state index in [-0.39, 0.29) is 23.6 Å². The van der Waals surface area contributed by atoms with Crippen molar-refractivity contribution in [3.8, 4) is 0 Å². The van der Waals surface area contributed by atoms with Crippen LogP contribution in [-0.4, -0.2) is 56.2 Å². The second-order valence-electron chi connectivity index (χ2n) is 8.92. The number of aromatic nitrogens is 4. The Balaban J connectivity index is 1.41. The lowest BCUT2D eigenvalue weighted by Gasteiger charge is -2.36. The number of hydrogen-bond donors (Lipinski definition) is 2. The molecule has 1 fully saturated rings. The van der Waals surface area contributed by atoms with E-state index in [0.29, 0.717) is 16.3 Å². The number of benzene rings is 1. The Bertz CT molecular complexity index is 1250. The molecule has 0 radical (unpaired) electrons. The molecule has 2 aromatic heterocycles. The Morgan fingerprint density at radius 3 is 2.73 bits per heavy atom. The van der Waals surface area contributed by atoms with Crippen LogP contribution in [0.5, 0.6) is 0 Å². The van der Waals surface area contributed by atoms with Gasteiger partial charge in [-0.2, -0.15) is 10.2 Å². The largest absolute Gasteiger partial charge is 0.396 e. The quantitative estimate of drug-likeness (QED) is 0.548. The molecule has 176 valence electrons. The van der Waals surface area contributed by atoms with E-state index in [1.165, 1.54) is 4.68 Å². The highest BCUT2D eigenvalue weighted by atomic mass is 35.5. The van der Waals surface area contributed by atoms with Gasteiger partial charge in [-0.1, -0.05) is 17.7 Å². The first-order chi connectivity index (χ1) is 15.9. The van der Waals surface area contributed by atoms with Gasteiger partial charge in [0.1, 0.15) is 0 Å². The van der Waals surface area contributed by atoms with Crippen LogP contribution in [0.15, 0.2) is 34.1 Å². The molecule has 1 aliphatic heterocycles. The molecule has 3 heterocycles. The van der Waals surface area contributed by atoms with Crippen molar-refractivity contribution in [2.45, 2.75) is 38.5 Å². The van der Waals surface area contributed by atoms with Crippen LogP contribution in [0.3, 0.4) is 0 Å². The summed E-state index contributed by atoms with van der Waals surface area (Å²) in [7, 11) is 1.61. The minimum absolute atomic E-state index is 0.0193. The molecule has 0 bridgehead atoms. The van der Waals surface area contributed by atoms with Crippen molar-refractivity contribution < 1.29 is 5.11 Å². The number of hydrogen-bond acceptors (Lipinski definition) is 6.